The molecule has 0 bridgehead atoms. The topological polar surface area (TPSA) is 53.0 Å². The first kappa shape index (κ1) is 8.94. The maximum atomic E-state index is 7.50. The third kappa shape index (κ3) is 967. The fourth-order valence-corrected chi connectivity index (χ4v) is 0. The van der Waals surface area contributed by atoms with Crippen molar-refractivity contribution in [1.82, 2.24) is 4.35 Å². The van der Waals surface area contributed by atoms with E-state index < -0.39 is 0 Å². The lowest BCUT2D eigenvalue weighted by atomic mass is 13.8. The molecule has 0 aliphatic carbocycles. The minimum absolute atomic E-state index is 1.69. The molecule has 0 aromatic carbocycles. The van der Waals surface area contributed by atoms with E-state index >= 15 is 0 Å². The molecule has 0 radical (unpaired) electrons. The Morgan fingerprint density at radius 3 is 1.40 bits per heavy atom. The Kier molecular flexibility index (Phi) is 56.1. The zero-order valence-electron chi connectivity index (χ0n) is 2.16. The molecule has 0 amide bonds. The van der Waals surface area contributed by atoms with Crippen LogP contribution in [-0.4, -0.2) is 0 Å². The number of halogens is 2. The van der Waals surface area contributed by atoms with Gasteiger partial charge in [-0.3, -0.25) is 0 Å². The molecule has 0 fully saturated rings. The van der Waals surface area contributed by atoms with Crippen LogP contribution in [-0.2, 0) is 0 Å². The molecule has 3 nitrogen and oxygen atoms in total. The molecule has 0 atom stereocenters. The summed E-state index contributed by atoms with van der Waals surface area (Å²) in [5.41, 5.74) is 4.50. The van der Waals surface area contributed by atoms with Gasteiger partial charge in [0.2, 0.25) is 0 Å². The van der Waals surface area contributed by atoms with E-state index in [0.717, 1.165) is 0 Å². The molecule has 0 rings (SSSR count). The molecule has 0 aliphatic heterocycles. The van der Waals surface area contributed by atoms with Gasteiger partial charge in [0, 0.05) is 0 Å². The monoisotopic (exact) mass is 116 g/mol. The van der Waals surface area contributed by atoms with E-state index in [4.69, 9.17) is 4.91 Å². The van der Waals surface area contributed by atoms with Gasteiger partial charge in [-0.05, 0) is 23.6 Å². The molecule has 0 aromatic heterocycles. The smallest absolute Gasteiger partial charge is 0.00838 e. The maximum absolute atomic E-state index is 7.50. The maximum Gasteiger partial charge on any atom is -0.00838 e. The van der Waals surface area contributed by atoms with Crippen LogP contribution in [0.15, 0.2) is 0 Å². The predicted octanol–water partition coefficient (Wildman–Crippen LogP) is 1.22. The first-order valence-electron chi connectivity index (χ1n) is 0.582. The molecule has 0 saturated carbocycles. The summed E-state index contributed by atoms with van der Waals surface area (Å²) in [5, 5.41) is 0. The molecule has 0 unspecified atom stereocenters. The van der Waals surface area contributed by atoms with Gasteiger partial charge in [-0.1, -0.05) is 5.59 Å². The van der Waals surface area contributed by atoms with Crippen molar-refractivity contribution in [2.45, 2.75) is 0 Å². The number of hydrogen-bond donors (Lipinski definition) is 2. The van der Waals surface area contributed by atoms with Crippen molar-refractivity contribution in [3.8, 4) is 0 Å². The van der Waals surface area contributed by atoms with Crippen molar-refractivity contribution >= 4 is 23.6 Å². The predicted molar refractivity (Wildman–Crippen MR) is 20.9 cm³/mol. The third-order valence-corrected chi connectivity index (χ3v) is 0. The standard InChI is InChI=1S/Cl2HN.HNO/c1-3-2;1-2/h3H;1H. The highest BCUT2D eigenvalue weighted by molar-refractivity contribution is 6.33. The SMILES string of the molecule is ClNCl.N=O. The number of hydrogen-bond acceptors (Lipinski definition) is 3. The molecule has 0 aliphatic rings. The summed E-state index contributed by atoms with van der Waals surface area (Å²) in [7, 11) is 0. The summed E-state index contributed by atoms with van der Waals surface area (Å²) in [6.07, 6.45) is 0. The Balaban J connectivity index is 0. The van der Waals surface area contributed by atoms with Crippen LogP contribution in [0.25, 0.3) is 0 Å². The number of nitroso groups, excluding NO2 is 1. The molecule has 0 saturated heterocycles. The minimum atomic E-state index is 1.69. The summed E-state index contributed by atoms with van der Waals surface area (Å²) < 4.78 is 1.69. The van der Waals surface area contributed by atoms with E-state index in [1.165, 1.54) is 0 Å². The Morgan fingerprint density at radius 2 is 1.40 bits per heavy atom. The zero-order valence-corrected chi connectivity index (χ0v) is 3.68. The van der Waals surface area contributed by atoms with Gasteiger partial charge in [-0.15, -0.1) is 4.35 Å². The lowest BCUT2D eigenvalue weighted by Gasteiger charge is -1.49. The first-order valence-corrected chi connectivity index (χ1v) is 1.34. The lowest BCUT2D eigenvalue weighted by molar-refractivity contribution is 1.49. The van der Waals surface area contributed by atoms with E-state index in [2.05, 4.69) is 29.1 Å². The highest BCUT2D eigenvalue weighted by atomic mass is 35.5. The van der Waals surface area contributed by atoms with E-state index in [1.807, 2.05) is 0 Å². The first-order chi connectivity index (χ1) is 2.41. The zero-order chi connectivity index (χ0) is 4.71. The normalized spacial score (nSPS) is 4.40. The Morgan fingerprint density at radius 1 is 1.40 bits per heavy atom. The van der Waals surface area contributed by atoms with Crippen molar-refractivity contribution < 1.29 is 0 Å². The van der Waals surface area contributed by atoms with Gasteiger partial charge in [0.1, 0.15) is 0 Å². The van der Waals surface area contributed by atoms with Gasteiger partial charge in [0.25, 0.3) is 0 Å². The highest BCUT2D eigenvalue weighted by Crippen LogP contribution is 1.57. The second-order valence-corrected chi connectivity index (χ2v) is 0.643. The number of rotatable bonds is 0. The van der Waals surface area contributed by atoms with Crippen LogP contribution in [0.3, 0.4) is 0 Å². The second kappa shape index (κ2) is 31.4. The molecule has 2 N–H and O–H groups in total. The van der Waals surface area contributed by atoms with Gasteiger partial charge in [-0.2, -0.15) is 4.91 Å². The van der Waals surface area contributed by atoms with Crippen molar-refractivity contribution in [3.63, 3.8) is 0 Å². The Hall–Kier alpha value is 0.140. The van der Waals surface area contributed by atoms with Gasteiger partial charge < -0.3 is 0 Å². The third-order valence-electron chi connectivity index (χ3n) is 0. The van der Waals surface area contributed by atoms with E-state index in [9.17, 15) is 0 Å². The molecule has 5 heavy (non-hydrogen) atoms. The van der Waals surface area contributed by atoms with Crippen LogP contribution in [0.2, 0.25) is 0 Å². The minimum Gasteiger partial charge on any atom is -0.154 e. The van der Waals surface area contributed by atoms with Crippen molar-refractivity contribution in [1.29, 1.82) is 5.59 Å². The summed E-state index contributed by atoms with van der Waals surface area (Å²) in [6.45, 7) is 0. The van der Waals surface area contributed by atoms with Gasteiger partial charge in [-0.25, -0.2) is 0 Å². The van der Waals surface area contributed by atoms with Gasteiger partial charge in [0.15, 0.2) is 0 Å². The van der Waals surface area contributed by atoms with Crippen LogP contribution in [0.1, 0.15) is 0 Å². The van der Waals surface area contributed by atoms with E-state index in [1.54, 1.807) is 4.35 Å². The van der Waals surface area contributed by atoms with Gasteiger partial charge in [0.05, 0.1) is 0 Å². The summed E-state index contributed by atoms with van der Waals surface area (Å²) >= 11 is 9.03. The van der Waals surface area contributed by atoms with Crippen molar-refractivity contribution in [2.24, 2.45) is 0 Å². The number of nitrogens with one attached hydrogen (secondary N) is 2. The summed E-state index contributed by atoms with van der Waals surface area (Å²) in [4.78, 5) is 7.50. The summed E-state index contributed by atoms with van der Waals surface area (Å²) in [5.74, 6) is 0. The molecular formula is H2Cl2N2O. The molecule has 5 heteroatoms. The van der Waals surface area contributed by atoms with Crippen LogP contribution >= 0.6 is 23.6 Å². The Labute approximate surface area is 39.2 Å². The van der Waals surface area contributed by atoms with E-state index in [0.29, 0.717) is 0 Å². The quantitative estimate of drug-likeness (QED) is 0.370. The van der Waals surface area contributed by atoms with Crippen LogP contribution in [0.5, 0.6) is 0 Å². The molecular weight excluding hydrogens is 115 g/mol. The molecule has 0 heterocycles. The average Bonchev–Trinajstić information content (AvgIpc) is 1.46. The lowest BCUT2D eigenvalue weighted by Crippen LogP contribution is -1.59. The molecule has 32 valence electrons. The van der Waals surface area contributed by atoms with E-state index in [-0.39, 0.29) is 0 Å². The largest absolute Gasteiger partial charge is 0.154 e. The summed E-state index contributed by atoms with van der Waals surface area (Å²) in [6, 6.07) is 0. The molecule has 0 aromatic rings. The highest BCUT2D eigenvalue weighted by Gasteiger charge is 1.34. The van der Waals surface area contributed by atoms with Crippen molar-refractivity contribution in [3.05, 3.63) is 4.91 Å². The average molecular weight is 117 g/mol. The van der Waals surface area contributed by atoms with Crippen LogP contribution in [0.4, 0.5) is 0 Å². The van der Waals surface area contributed by atoms with Crippen LogP contribution < -0.4 is 4.35 Å². The van der Waals surface area contributed by atoms with Crippen LogP contribution in [0, 0.1) is 10.5 Å². The van der Waals surface area contributed by atoms with Gasteiger partial charge >= 0.3 is 0 Å². The van der Waals surface area contributed by atoms with Crippen molar-refractivity contribution in [2.75, 3.05) is 0 Å². The molecule has 0 spiro atoms. The second-order valence-electron chi connectivity index (χ2n) is 0.0714. The fourth-order valence-electron chi connectivity index (χ4n) is 0. The fraction of sp³-hybridized carbons (Fsp3) is 0. The Bertz CT molecular complexity index is 11.6.